The average molecular weight is 285 g/mol. The first-order valence-electron chi connectivity index (χ1n) is 7.24. The standard InChI is InChI=1S/C16H19N3O2/c1-11-7-8-12-4-2-6-14(15(12)17-11)18-16(21)19-9-3-5-13(20)10-19/h2,4,6-8,13,20H,3,5,9-10H2,1H3,(H,18,21). The summed E-state index contributed by atoms with van der Waals surface area (Å²) in [6.07, 6.45) is 1.18. The van der Waals surface area contributed by atoms with Crippen LogP contribution in [0.5, 0.6) is 0 Å². The van der Waals surface area contributed by atoms with E-state index in [2.05, 4.69) is 10.3 Å². The Labute approximate surface area is 123 Å². The van der Waals surface area contributed by atoms with Crippen molar-refractivity contribution in [2.45, 2.75) is 25.9 Å². The number of rotatable bonds is 1. The molecule has 21 heavy (non-hydrogen) atoms. The molecule has 0 aliphatic carbocycles. The van der Waals surface area contributed by atoms with Gasteiger partial charge in [0.25, 0.3) is 0 Å². The minimum atomic E-state index is -0.419. The maximum absolute atomic E-state index is 12.3. The molecule has 1 unspecified atom stereocenters. The lowest BCUT2D eigenvalue weighted by atomic mass is 10.1. The number of aliphatic hydroxyl groups is 1. The molecule has 0 radical (unpaired) electrons. The van der Waals surface area contributed by atoms with Crippen molar-refractivity contribution in [2.75, 3.05) is 18.4 Å². The van der Waals surface area contributed by atoms with Crippen molar-refractivity contribution < 1.29 is 9.90 Å². The predicted octanol–water partition coefficient (Wildman–Crippen LogP) is 2.53. The van der Waals surface area contributed by atoms with E-state index in [1.54, 1.807) is 4.90 Å². The van der Waals surface area contributed by atoms with E-state index < -0.39 is 6.10 Å². The van der Waals surface area contributed by atoms with Crippen molar-refractivity contribution in [1.82, 2.24) is 9.88 Å². The van der Waals surface area contributed by atoms with E-state index in [4.69, 9.17) is 0 Å². The van der Waals surface area contributed by atoms with Crippen LogP contribution < -0.4 is 5.32 Å². The van der Waals surface area contributed by atoms with Crippen LogP contribution in [0.1, 0.15) is 18.5 Å². The third-order valence-corrected chi connectivity index (χ3v) is 3.78. The zero-order valence-corrected chi connectivity index (χ0v) is 12.0. The first kappa shape index (κ1) is 13.8. The minimum Gasteiger partial charge on any atom is -0.391 e. The van der Waals surface area contributed by atoms with Crippen molar-refractivity contribution >= 4 is 22.6 Å². The summed E-state index contributed by atoms with van der Waals surface area (Å²) in [7, 11) is 0. The molecule has 5 nitrogen and oxygen atoms in total. The number of β-amino-alcohol motifs (C(OH)–C–C–N with tert-alkyl or cyclic N) is 1. The molecular formula is C16H19N3O2. The van der Waals surface area contributed by atoms with Gasteiger partial charge in [0, 0.05) is 24.2 Å². The highest BCUT2D eigenvalue weighted by atomic mass is 16.3. The molecule has 1 aromatic carbocycles. The van der Waals surface area contributed by atoms with Crippen molar-refractivity contribution in [3.8, 4) is 0 Å². The number of likely N-dealkylation sites (tertiary alicyclic amines) is 1. The SMILES string of the molecule is Cc1ccc2cccc(NC(=O)N3CCCC(O)C3)c2n1. The van der Waals surface area contributed by atoms with Gasteiger partial charge in [0.05, 0.1) is 17.3 Å². The van der Waals surface area contributed by atoms with Gasteiger partial charge in [-0.25, -0.2) is 4.79 Å². The van der Waals surface area contributed by atoms with Gasteiger partial charge in [0.2, 0.25) is 0 Å². The second kappa shape index (κ2) is 5.69. The third-order valence-electron chi connectivity index (χ3n) is 3.78. The summed E-state index contributed by atoms with van der Waals surface area (Å²) >= 11 is 0. The van der Waals surface area contributed by atoms with Crippen molar-refractivity contribution in [2.24, 2.45) is 0 Å². The molecule has 2 aromatic rings. The summed E-state index contributed by atoms with van der Waals surface area (Å²) in [5.41, 5.74) is 2.42. The van der Waals surface area contributed by atoms with Crippen molar-refractivity contribution in [3.05, 3.63) is 36.0 Å². The van der Waals surface area contributed by atoms with E-state index >= 15 is 0 Å². The lowest BCUT2D eigenvalue weighted by Gasteiger charge is -2.30. The molecule has 2 amide bonds. The van der Waals surface area contributed by atoms with Gasteiger partial charge in [-0.1, -0.05) is 18.2 Å². The largest absolute Gasteiger partial charge is 0.391 e. The molecule has 0 spiro atoms. The molecule has 1 aliphatic rings. The van der Waals surface area contributed by atoms with Crippen LogP contribution in [0.2, 0.25) is 0 Å². The van der Waals surface area contributed by atoms with E-state index in [0.29, 0.717) is 18.8 Å². The van der Waals surface area contributed by atoms with Gasteiger partial charge < -0.3 is 15.3 Å². The van der Waals surface area contributed by atoms with Crippen LogP contribution in [-0.2, 0) is 0 Å². The number of pyridine rings is 1. The number of nitrogens with zero attached hydrogens (tertiary/aromatic N) is 2. The van der Waals surface area contributed by atoms with Gasteiger partial charge in [-0.3, -0.25) is 4.98 Å². The lowest BCUT2D eigenvalue weighted by Crippen LogP contribution is -2.44. The Morgan fingerprint density at radius 3 is 3.05 bits per heavy atom. The molecule has 2 heterocycles. The summed E-state index contributed by atoms with van der Waals surface area (Å²) in [6.45, 7) is 3.00. The monoisotopic (exact) mass is 285 g/mol. The average Bonchev–Trinajstić information content (AvgIpc) is 2.48. The second-order valence-electron chi connectivity index (χ2n) is 5.50. The Balaban J connectivity index is 1.84. The van der Waals surface area contributed by atoms with Gasteiger partial charge >= 0.3 is 6.03 Å². The molecule has 1 atom stereocenters. The normalized spacial score (nSPS) is 18.8. The summed E-state index contributed by atoms with van der Waals surface area (Å²) in [5, 5.41) is 13.6. The topological polar surface area (TPSA) is 65.5 Å². The fourth-order valence-electron chi connectivity index (χ4n) is 2.68. The summed E-state index contributed by atoms with van der Waals surface area (Å²) in [4.78, 5) is 18.5. The number of para-hydroxylation sites is 1. The maximum Gasteiger partial charge on any atom is 0.321 e. The quantitative estimate of drug-likeness (QED) is 0.846. The van der Waals surface area contributed by atoms with Crippen LogP contribution in [0.15, 0.2) is 30.3 Å². The zero-order valence-electron chi connectivity index (χ0n) is 12.0. The number of carbonyl (C=O) groups is 1. The molecule has 0 bridgehead atoms. The van der Waals surface area contributed by atoms with Crippen molar-refractivity contribution in [1.29, 1.82) is 0 Å². The Morgan fingerprint density at radius 1 is 1.38 bits per heavy atom. The highest BCUT2D eigenvalue weighted by Gasteiger charge is 2.22. The van der Waals surface area contributed by atoms with Crippen LogP contribution in [0.25, 0.3) is 10.9 Å². The van der Waals surface area contributed by atoms with E-state index in [-0.39, 0.29) is 6.03 Å². The Bertz CT molecular complexity index is 672. The number of carbonyl (C=O) groups excluding carboxylic acids is 1. The second-order valence-corrected chi connectivity index (χ2v) is 5.50. The highest BCUT2D eigenvalue weighted by Crippen LogP contribution is 2.22. The van der Waals surface area contributed by atoms with Crippen LogP contribution >= 0.6 is 0 Å². The molecule has 2 N–H and O–H groups in total. The molecule has 1 aromatic heterocycles. The van der Waals surface area contributed by atoms with Gasteiger partial charge in [-0.15, -0.1) is 0 Å². The molecule has 1 aliphatic heterocycles. The van der Waals surface area contributed by atoms with E-state index in [0.717, 1.165) is 29.4 Å². The maximum atomic E-state index is 12.3. The first-order valence-corrected chi connectivity index (χ1v) is 7.24. The van der Waals surface area contributed by atoms with E-state index in [1.165, 1.54) is 0 Å². The Kier molecular flexibility index (Phi) is 3.75. The van der Waals surface area contributed by atoms with Gasteiger partial charge in [0.1, 0.15) is 0 Å². The van der Waals surface area contributed by atoms with E-state index in [9.17, 15) is 9.90 Å². The van der Waals surface area contributed by atoms with Crippen LogP contribution in [-0.4, -0.2) is 40.2 Å². The third kappa shape index (κ3) is 2.97. The van der Waals surface area contributed by atoms with Gasteiger partial charge in [-0.05, 0) is 31.9 Å². The molecule has 3 rings (SSSR count). The number of amides is 2. The number of fused-ring (bicyclic) bond motifs is 1. The molecule has 0 saturated carbocycles. The fraction of sp³-hybridized carbons (Fsp3) is 0.375. The first-order chi connectivity index (χ1) is 10.1. The molecule has 1 fully saturated rings. The fourth-order valence-corrected chi connectivity index (χ4v) is 2.68. The highest BCUT2D eigenvalue weighted by molar-refractivity contribution is 5.99. The smallest absolute Gasteiger partial charge is 0.321 e. The van der Waals surface area contributed by atoms with Crippen LogP contribution in [0, 0.1) is 6.92 Å². The van der Waals surface area contributed by atoms with Crippen LogP contribution in [0.3, 0.4) is 0 Å². The number of piperidine rings is 1. The number of nitrogens with one attached hydrogen (secondary N) is 1. The Hall–Kier alpha value is -2.14. The zero-order chi connectivity index (χ0) is 14.8. The van der Waals surface area contributed by atoms with E-state index in [1.807, 2.05) is 37.3 Å². The van der Waals surface area contributed by atoms with Gasteiger partial charge in [0.15, 0.2) is 0 Å². The minimum absolute atomic E-state index is 0.176. The number of aryl methyl sites for hydroxylation is 1. The Morgan fingerprint density at radius 2 is 2.24 bits per heavy atom. The summed E-state index contributed by atoms with van der Waals surface area (Å²) in [5.74, 6) is 0. The lowest BCUT2D eigenvalue weighted by molar-refractivity contribution is 0.0883. The number of benzene rings is 1. The predicted molar refractivity (Wildman–Crippen MR) is 82.3 cm³/mol. The number of anilines is 1. The molecule has 110 valence electrons. The summed E-state index contributed by atoms with van der Waals surface area (Å²) in [6, 6.07) is 9.51. The molecular weight excluding hydrogens is 266 g/mol. The number of aromatic nitrogens is 1. The molecule has 1 saturated heterocycles. The molecule has 5 heteroatoms. The number of aliphatic hydroxyl groups excluding tert-OH is 1. The van der Waals surface area contributed by atoms with Crippen molar-refractivity contribution in [3.63, 3.8) is 0 Å². The van der Waals surface area contributed by atoms with Crippen LogP contribution in [0.4, 0.5) is 10.5 Å². The number of hydrogen-bond acceptors (Lipinski definition) is 3. The van der Waals surface area contributed by atoms with Gasteiger partial charge in [-0.2, -0.15) is 0 Å². The number of hydrogen-bond donors (Lipinski definition) is 2. The number of urea groups is 1. The summed E-state index contributed by atoms with van der Waals surface area (Å²) < 4.78 is 0.